The molecule has 1 aliphatic heterocycles. The molecule has 3 nitrogen and oxygen atoms in total. The van der Waals surface area contributed by atoms with E-state index in [9.17, 15) is 4.79 Å². The van der Waals surface area contributed by atoms with Crippen molar-refractivity contribution in [1.82, 2.24) is 0 Å². The molecular formula is C24H28O3. The van der Waals surface area contributed by atoms with E-state index in [4.69, 9.17) is 9.47 Å². The average Bonchev–Trinajstić information content (AvgIpc) is 2.68. The quantitative estimate of drug-likeness (QED) is 0.642. The largest absolute Gasteiger partial charge is 0.485 e. The van der Waals surface area contributed by atoms with Crippen molar-refractivity contribution < 1.29 is 14.3 Å². The highest BCUT2D eigenvalue weighted by Gasteiger charge is 2.29. The van der Waals surface area contributed by atoms with Crippen LogP contribution in [0.3, 0.4) is 0 Å². The molecule has 0 saturated carbocycles. The molecule has 1 atom stereocenters. The lowest BCUT2D eigenvalue weighted by molar-refractivity contribution is -0.139. The van der Waals surface area contributed by atoms with Crippen molar-refractivity contribution in [3.05, 3.63) is 76.9 Å². The molecule has 0 aromatic heterocycles. The Balaban J connectivity index is 1.91. The van der Waals surface area contributed by atoms with Crippen molar-refractivity contribution in [2.45, 2.75) is 52.1 Å². The van der Waals surface area contributed by atoms with E-state index < -0.39 is 0 Å². The molecule has 0 fully saturated rings. The van der Waals surface area contributed by atoms with Crippen LogP contribution in [0.1, 0.15) is 63.3 Å². The Kier molecular flexibility index (Phi) is 5.69. The lowest BCUT2D eigenvalue weighted by atomic mass is 9.86. The summed E-state index contributed by atoms with van der Waals surface area (Å²) in [6.45, 7) is 8.81. The maximum Gasteiger partial charge on any atom is 0.337 e. The minimum Gasteiger partial charge on any atom is -0.485 e. The first-order valence-electron chi connectivity index (χ1n) is 9.63. The minimum atomic E-state index is -0.280. The zero-order valence-corrected chi connectivity index (χ0v) is 16.6. The Labute approximate surface area is 162 Å². The zero-order valence-electron chi connectivity index (χ0n) is 16.6. The molecule has 1 heterocycles. The number of rotatable bonds is 4. The van der Waals surface area contributed by atoms with Gasteiger partial charge in [0.05, 0.1) is 12.2 Å². The Hall–Kier alpha value is -2.55. The predicted molar refractivity (Wildman–Crippen MR) is 108 cm³/mol. The molecule has 3 heteroatoms. The molecule has 2 aromatic rings. The molecule has 0 N–H and O–H groups in total. The van der Waals surface area contributed by atoms with E-state index in [0.717, 1.165) is 17.5 Å². The Morgan fingerprint density at radius 2 is 1.74 bits per heavy atom. The fourth-order valence-corrected chi connectivity index (χ4v) is 3.34. The summed E-state index contributed by atoms with van der Waals surface area (Å²) < 4.78 is 11.6. The fraction of sp³-hybridized carbons (Fsp3) is 0.375. The van der Waals surface area contributed by atoms with Crippen molar-refractivity contribution in [3.8, 4) is 0 Å². The van der Waals surface area contributed by atoms with Gasteiger partial charge in [-0.15, -0.1) is 0 Å². The summed E-state index contributed by atoms with van der Waals surface area (Å²) in [7, 11) is 0. The number of carbonyl (C=O) groups is 1. The summed E-state index contributed by atoms with van der Waals surface area (Å²) in [6.07, 6.45) is 1.35. The van der Waals surface area contributed by atoms with Gasteiger partial charge in [0.2, 0.25) is 0 Å². The van der Waals surface area contributed by atoms with Crippen molar-refractivity contribution in [2.75, 3.05) is 6.61 Å². The monoisotopic (exact) mass is 364 g/mol. The number of carbonyl (C=O) groups excluding carboxylic acids is 1. The van der Waals surface area contributed by atoms with Gasteiger partial charge in [-0.1, -0.05) is 75.4 Å². The molecule has 0 amide bonds. The zero-order chi connectivity index (χ0) is 19.4. The summed E-state index contributed by atoms with van der Waals surface area (Å²) in [5.74, 6) is 0.364. The van der Waals surface area contributed by atoms with Crippen LogP contribution < -0.4 is 0 Å². The third-order valence-corrected chi connectivity index (χ3v) is 4.90. The Bertz CT molecular complexity index is 811. The second-order valence-electron chi connectivity index (χ2n) is 7.91. The molecule has 142 valence electrons. The van der Waals surface area contributed by atoms with Crippen molar-refractivity contribution in [3.63, 3.8) is 0 Å². The van der Waals surface area contributed by atoms with Gasteiger partial charge < -0.3 is 9.47 Å². The molecule has 27 heavy (non-hydrogen) atoms. The molecule has 0 bridgehead atoms. The highest BCUT2D eigenvalue weighted by Crippen LogP contribution is 2.39. The van der Waals surface area contributed by atoms with Gasteiger partial charge in [-0.25, -0.2) is 4.79 Å². The molecule has 2 aromatic carbocycles. The molecule has 0 spiro atoms. The SMILES string of the molecule is CCOC(=O)C1=C(c2ccccc2)OC(c2ccc(C(C)(C)C)cc2)CC1. The van der Waals surface area contributed by atoms with Crippen LogP contribution >= 0.6 is 0 Å². The normalized spacial score (nSPS) is 17.4. The summed E-state index contributed by atoms with van der Waals surface area (Å²) >= 11 is 0. The summed E-state index contributed by atoms with van der Waals surface area (Å²) in [6, 6.07) is 18.4. The number of esters is 1. The van der Waals surface area contributed by atoms with E-state index in [-0.39, 0.29) is 17.5 Å². The van der Waals surface area contributed by atoms with Crippen LogP contribution in [0.25, 0.3) is 5.76 Å². The van der Waals surface area contributed by atoms with Crippen LogP contribution in [0.2, 0.25) is 0 Å². The van der Waals surface area contributed by atoms with Gasteiger partial charge >= 0.3 is 5.97 Å². The average molecular weight is 364 g/mol. The van der Waals surface area contributed by atoms with E-state index in [1.54, 1.807) is 0 Å². The molecule has 1 aliphatic rings. The van der Waals surface area contributed by atoms with Gasteiger partial charge in [0.1, 0.15) is 11.9 Å². The van der Waals surface area contributed by atoms with Gasteiger partial charge in [0, 0.05) is 5.56 Å². The summed E-state index contributed by atoms with van der Waals surface area (Å²) in [4.78, 5) is 12.4. The maximum atomic E-state index is 12.4. The third-order valence-electron chi connectivity index (χ3n) is 4.90. The summed E-state index contributed by atoms with van der Waals surface area (Å²) in [5.41, 5.74) is 4.10. The van der Waals surface area contributed by atoms with Gasteiger partial charge in [0.15, 0.2) is 0 Å². The first-order chi connectivity index (χ1) is 12.9. The van der Waals surface area contributed by atoms with Gasteiger partial charge in [0.25, 0.3) is 0 Å². The Morgan fingerprint density at radius 1 is 1.07 bits per heavy atom. The number of benzene rings is 2. The Morgan fingerprint density at radius 3 is 2.33 bits per heavy atom. The van der Waals surface area contributed by atoms with Crippen LogP contribution in [-0.4, -0.2) is 12.6 Å². The van der Waals surface area contributed by atoms with E-state index in [1.807, 2.05) is 37.3 Å². The second kappa shape index (κ2) is 7.99. The van der Waals surface area contributed by atoms with E-state index in [0.29, 0.717) is 24.4 Å². The predicted octanol–water partition coefficient (Wildman–Crippen LogP) is 5.81. The molecular weight excluding hydrogens is 336 g/mol. The number of ether oxygens (including phenoxy) is 2. The molecule has 1 unspecified atom stereocenters. The summed E-state index contributed by atoms with van der Waals surface area (Å²) in [5, 5.41) is 0. The van der Waals surface area contributed by atoms with Crippen molar-refractivity contribution in [1.29, 1.82) is 0 Å². The lowest BCUT2D eigenvalue weighted by Crippen LogP contribution is -2.19. The van der Waals surface area contributed by atoms with Crippen LogP contribution in [0.4, 0.5) is 0 Å². The van der Waals surface area contributed by atoms with Crippen molar-refractivity contribution >= 4 is 11.7 Å². The highest BCUT2D eigenvalue weighted by molar-refractivity contribution is 5.96. The molecule has 0 radical (unpaired) electrons. The van der Waals surface area contributed by atoms with E-state index in [2.05, 4.69) is 45.0 Å². The molecule has 3 rings (SSSR count). The third kappa shape index (κ3) is 4.41. The minimum absolute atomic E-state index is 0.0626. The molecule has 0 saturated heterocycles. The van der Waals surface area contributed by atoms with E-state index in [1.165, 1.54) is 5.56 Å². The first-order valence-corrected chi connectivity index (χ1v) is 9.63. The topological polar surface area (TPSA) is 35.5 Å². The maximum absolute atomic E-state index is 12.4. The van der Waals surface area contributed by atoms with Gasteiger partial charge in [-0.3, -0.25) is 0 Å². The fourth-order valence-electron chi connectivity index (χ4n) is 3.34. The van der Waals surface area contributed by atoms with Gasteiger partial charge in [-0.2, -0.15) is 0 Å². The number of hydrogen-bond donors (Lipinski definition) is 0. The van der Waals surface area contributed by atoms with E-state index >= 15 is 0 Å². The van der Waals surface area contributed by atoms with Crippen molar-refractivity contribution in [2.24, 2.45) is 0 Å². The molecule has 0 aliphatic carbocycles. The second-order valence-corrected chi connectivity index (χ2v) is 7.91. The number of hydrogen-bond acceptors (Lipinski definition) is 3. The van der Waals surface area contributed by atoms with Crippen LogP contribution in [0.15, 0.2) is 60.2 Å². The van der Waals surface area contributed by atoms with Crippen LogP contribution in [0, 0.1) is 0 Å². The van der Waals surface area contributed by atoms with Crippen LogP contribution in [0.5, 0.6) is 0 Å². The first kappa shape index (κ1) is 19.2. The smallest absolute Gasteiger partial charge is 0.337 e. The highest BCUT2D eigenvalue weighted by atomic mass is 16.5. The standard InChI is InChI=1S/C24H28O3/c1-5-26-23(25)20-15-16-21(27-22(20)18-9-7-6-8-10-18)17-11-13-19(14-12-17)24(2,3)4/h6-14,21H,5,15-16H2,1-4H3. The lowest BCUT2D eigenvalue weighted by Gasteiger charge is -2.29. The van der Waals surface area contributed by atoms with Gasteiger partial charge in [-0.05, 0) is 36.3 Å². The van der Waals surface area contributed by atoms with Crippen LogP contribution in [-0.2, 0) is 19.7 Å².